The molecule has 1 N–H and O–H groups in total. The standard InChI is InChI=1S/C35H39FN2O3S/c1-23(39)38-32-12-7-25(19-26(32)21-35(38,2)3)30-14-18-42-33-20-27(40)8-11-31(33)34(30)24-5-9-28(10-6-24)41-29-13-17-37(22-29)16-4-15-36/h5-12,19-20,29,40H,4,13-18,21-22H2,1-3H3/t29-/m0/s1. The molecule has 3 aromatic carbocycles. The van der Waals surface area contributed by atoms with E-state index in [-0.39, 0.29) is 30.0 Å². The first kappa shape index (κ1) is 28.8. The second-order valence-electron chi connectivity index (χ2n) is 12.2. The predicted molar refractivity (Wildman–Crippen MR) is 169 cm³/mol. The zero-order chi connectivity index (χ0) is 29.4. The first-order valence-electron chi connectivity index (χ1n) is 14.9. The Hall–Kier alpha value is -3.29. The fourth-order valence-corrected chi connectivity index (χ4v) is 7.93. The van der Waals surface area contributed by atoms with E-state index < -0.39 is 0 Å². The summed E-state index contributed by atoms with van der Waals surface area (Å²) in [7, 11) is 0. The molecular weight excluding hydrogens is 547 g/mol. The Balaban J connectivity index is 1.36. The Labute approximate surface area is 252 Å². The minimum absolute atomic E-state index is 0.0680. The fraction of sp³-hybridized carbons (Fsp3) is 0.400. The molecule has 1 amide bonds. The van der Waals surface area contributed by atoms with E-state index in [1.54, 1.807) is 24.8 Å². The lowest BCUT2D eigenvalue weighted by molar-refractivity contribution is -0.117. The molecule has 3 aliphatic heterocycles. The molecule has 3 aliphatic rings. The van der Waals surface area contributed by atoms with Crippen LogP contribution in [0.2, 0.25) is 0 Å². The van der Waals surface area contributed by atoms with Crippen LogP contribution in [0.3, 0.4) is 0 Å². The van der Waals surface area contributed by atoms with Gasteiger partial charge >= 0.3 is 0 Å². The number of benzene rings is 3. The average Bonchev–Trinajstić information content (AvgIpc) is 3.45. The number of amides is 1. The van der Waals surface area contributed by atoms with Crippen molar-refractivity contribution >= 4 is 34.5 Å². The number of likely N-dealkylation sites (tertiary alicyclic amines) is 1. The van der Waals surface area contributed by atoms with Crippen molar-refractivity contribution in [2.24, 2.45) is 0 Å². The highest BCUT2D eigenvalue weighted by Crippen LogP contribution is 2.46. The summed E-state index contributed by atoms with van der Waals surface area (Å²) in [5.41, 5.74) is 7.77. The van der Waals surface area contributed by atoms with E-state index in [1.807, 2.05) is 17.0 Å². The number of ether oxygens (including phenoxy) is 1. The highest BCUT2D eigenvalue weighted by molar-refractivity contribution is 7.99. The number of phenols is 1. The molecule has 220 valence electrons. The van der Waals surface area contributed by atoms with Crippen molar-refractivity contribution in [2.75, 3.05) is 37.0 Å². The lowest BCUT2D eigenvalue weighted by Gasteiger charge is -2.31. The van der Waals surface area contributed by atoms with Crippen LogP contribution in [0.4, 0.5) is 10.1 Å². The first-order chi connectivity index (χ1) is 20.2. The van der Waals surface area contributed by atoms with Gasteiger partial charge in [-0.3, -0.25) is 14.1 Å². The lowest BCUT2D eigenvalue weighted by Crippen LogP contribution is -2.44. The summed E-state index contributed by atoms with van der Waals surface area (Å²) >= 11 is 1.77. The van der Waals surface area contributed by atoms with Crippen molar-refractivity contribution in [1.29, 1.82) is 0 Å². The summed E-state index contributed by atoms with van der Waals surface area (Å²) < 4.78 is 18.9. The average molecular weight is 587 g/mol. The third kappa shape index (κ3) is 5.69. The number of allylic oxidation sites excluding steroid dienone is 1. The molecule has 0 spiro atoms. The third-order valence-corrected chi connectivity index (χ3v) is 9.70. The molecule has 7 heteroatoms. The molecule has 3 heterocycles. The van der Waals surface area contributed by atoms with E-state index in [0.29, 0.717) is 6.42 Å². The number of thioether (sulfide) groups is 1. The van der Waals surface area contributed by atoms with Crippen molar-refractivity contribution in [1.82, 2.24) is 4.90 Å². The zero-order valence-corrected chi connectivity index (χ0v) is 25.5. The van der Waals surface area contributed by atoms with Crippen LogP contribution >= 0.6 is 11.8 Å². The number of fused-ring (bicyclic) bond motifs is 2. The smallest absolute Gasteiger partial charge is 0.224 e. The number of aromatic hydroxyl groups is 1. The first-order valence-corrected chi connectivity index (χ1v) is 15.9. The molecule has 1 atom stereocenters. The monoisotopic (exact) mass is 586 g/mol. The van der Waals surface area contributed by atoms with Gasteiger partial charge in [-0.15, -0.1) is 11.8 Å². The Kier molecular flexibility index (Phi) is 8.07. The van der Waals surface area contributed by atoms with Crippen LogP contribution in [-0.2, 0) is 11.2 Å². The van der Waals surface area contributed by atoms with E-state index in [2.05, 4.69) is 61.2 Å². The Morgan fingerprint density at radius 3 is 2.64 bits per heavy atom. The Morgan fingerprint density at radius 2 is 1.88 bits per heavy atom. The normalized spacial score (nSPS) is 19.9. The van der Waals surface area contributed by atoms with Gasteiger partial charge < -0.3 is 14.7 Å². The molecule has 6 rings (SSSR count). The number of halogens is 1. The number of carbonyl (C=O) groups excluding carboxylic acids is 1. The van der Waals surface area contributed by atoms with Crippen LogP contribution in [0.1, 0.15) is 62.3 Å². The van der Waals surface area contributed by atoms with Gasteiger partial charge in [-0.25, -0.2) is 0 Å². The molecule has 0 aliphatic carbocycles. The van der Waals surface area contributed by atoms with Gasteiger partial charge in [0, 0.05) is 48.4 Å². The molecule has 0 unspecified atom stereocenters. The highest BCUT2D eigenvalue weighted by atomic mass is 32.2. The largest absolute Gasteiger partial charge is 0.508 e. The van der Waals surface area contributed by atoms with E-state index >= 15 is 0 Å². The van der Waals surface area contributed by atoms with Gasteiger partial charge in [0.15, 0.2) is 0 Å². The van der Waals surface area contributed by atoms with Crippen molar-refractivity contribution in [3.8, 4) is 11.5 Å². The zero-order valence-electron chi connectivity index (χ0n) is 24.7. The van der Waals surface area contributed by atoms with E-state index in [1.165, 1.54) is 22.3 Å². The summed E-state index contributed by atoms with van der Waals surface area (Å²) in [6, 6.07) is 20.6. The summed E-state index contributed by atoms with van der Waals surface area (Å²) in [5, 5.41) is 10.3. The summed E-state index contributed by atoms with van der Waals surface area (Å²) in [5.74, 6) is 2.09. The fourth-order valence-electron chi connectivity index (χ4n) is 6.88. The number of hydrogen-bond donors (Lipinski definition) is 1. The van der Waals surface area contributed by atoms with Crippen LogP contribution in [-0.4, -0.2) is 59.6 Å². The Morgan fingerprint density at radius 1 is 1.10 bits per heavy atom. The predicted octanol–water partition coefficient (Wildman–Crippen LogP) is 7.35. The second kappa shape index (κ2) is 11.8. The molecule has 1 saturated heterocycles. The van der Waals surface area contributed by atoms with Crippen molar-refractivity contribution in [3.63, 3.8) is 0 Å². The van der Waals surface area contributed by atoms with Gasteiger partial charge in [0.25, 0.3) is 0 Å². The molecule has 0 radical (unpaired) electrons. The van der Waals surface area contributed by atoms with Crippen molar-refractivity contribution < 1.29 is 19.0 Å². The maximum Gasteiger partial charge on any atom is 0.224 e. The lowest BCUT2D eigenvalue weighted by atomic mass is 9.87. The summed E-state index contributed by atoms with van der Waals surface area (Å²) in [6.45, 7) is 8.18. The number of rotatable bonds is 7. The molecule has 0 saturated carbocycles. The number of anilines is 1. The van der Waals surface area contributed by atoms with Crippen molar-refractivity contribution in [3.05, 3.63) is 82.9 Å². The van der Waals surface area contributed by atoms with E-state index in [9.17, 15) is 14.3 Å². The topological polar surface area (TPSA) is 53.0 Å². The van der Waals surface area contributed by atoms with E-state index in [4.69, 9.17) is 4.74 Å². The summed E-state index contributed by atoms with van der Waals surface area (Å²) in [4.78, 5) is 17.8. The molecule has 0 aromatic heterocycles. The van der Waals surface area contributed by atoms with E-state index in [0.717, 1.165) is 72.1 Å². The van der Waals surface area contributed by atoms with Crippen LogP contribution in [0, 0.1) is 0 Å². The molecule has 5 nitrogen and oxygen atoms in total. The van der Waals surface area contributed by atoms with Gasteiger partial charge in [0.1, 0.15) is 17.6 Å². The van der Waals surface area contributed by atoms with Crippen LogP contribution in [0.5, 0.6) is 11.5 Å². The van der Waals surface area contributed by atoms with Crippen molar-refractivity contribution in [2.45, 2.75) is 63.0 Å². The van der Waals surface area contributed by atoms with Gasteiger partial charge in [-0.05, 0) is 115 Å². The molecule has 3 aromatic rings. The molecular formula is C35H39FN2O3S. The minimum atomic E-state index is -0.275. The number of phenolic OH excluding ortho intramolecular Hbond substituents is 1. The minimum Gasteiger partial charge on any atom is -0.508 e. The van der Waals surface area contributed by atoms with Crippen LogP contribution in [0.25, 0.3) is 11.1 Å². The number of carbonyl (C=O) groups is 1. The molecule has 42 heavy (non-hydrogen) atoms. The SMILES string of the molecule is CC(=O)N1c2ccc(C3=C(c4ccc(O[C@H]5CCN(CCCF)C5)cc4)c4ccc(O)cc4SCC3)cc2CC1(C)C. The molecule has 0 bridgehead atoms. The number of alkyl halides is 1. The maximum absolute atomic E-state index is 12.6. The van der Waals surface area contributed by atoms with Crippen LogP contribution in [0.15, 0.2) is 65.6 Å². The number of nitrogens with zero attached hydrogens (tertiary/aromatic N) is 2. The molecule has 1 fully saturated rings. The summed E-state index contributed by atoms with van der Waals surface area (Å²) in [6.07, 6.45) is 3.34. The number of hydrogen-bond acceptors (Lipinski definition) is 5. The van der Waals surface area contributed by atoms with Gasteiger partial charge in [0.05, 0.1) is 6.67 Å². The Bertz CT molecular complexity index is 1520. The quantitative estimate of drug-likeness (QED) is 0.314. The van der Waals surface area contributed by atoms with Gasteiger partial charge in [-0.1, -0.05) is 18.2 Å². The third-order valence-electron chi connectivity index (χ3n) is 8.64. The van der Waals surface area contributed by atoms with Gasteiger partial charge in [0.2, 0.25) is 5.91 Å². The van der Waals surface area contributed by atoms with Gasteiger partial charge in [-0.2, -0.15) is 0 Å². The highest BCUT2D eigenvalue weighted by Gasteiger charge is 2.38. The van der Waals surface area contributed by atoms with Crippen LogP contribution < -0.4 is 9.64 Å². The second-order valence-corrected chi connectivity index (χ2v) is 13.4. The maximum atomic E-state index is 12.6.